The van der Waals surface area contributed by atoms with E-state index >= 15 is 0 Å². The van der Waals surface area contributed by atoms with Gasteiger partial charge in [0.1, 0.15) is 23.0 Å². The number of likely N-dealkylation sites (tertiary alicyclic amines) is 1. The van der Waals surface area contributed by atoms with Crippen LogP contribution in [-0.4, -0.2) is 44.8 Å². The zero-order chi connectivity index (χ0) is 20.8. The number of methoxy groups -OCH3 is 2. The molecule has 2 N–H and O–H groups in total. The van der Waals surface area contributed by atoms with Crippen LogP contribution in [0.4, 0.5) is 10.5 Å². The summed E-state index contributed by atoms with van der Waals surface area (Å²) in [5.41, 5.74) is 1.89. The number of furan rings is 1. The first-order valence-electron chi connectivity index (χ1n) is 10.0. The summed E-state index contributed by atoms with van der Waals surface area (Å²) in [4.78, 5) is 14.7. The molecule has 0 radical (unpaired) electrons. The highest BCUT2D eigenvalue weighted by molar-refractivity contribution is 5.91. The van der Waals surface area contributed by atoms with E-state index in [1.54, 1.807) is 32.4 Å². The van der Waals surface area contributed by atoms with Crippen molar-refractivity contribution in [1.82, 2.24) is 10.2 Å². The van der Waals surface area contributed by atoms with Gasteiger partial charge in [0.05, 0.1) is 19.9 Å². The smallest absolute Gasteiger partial charge is 0.319 e. The zero-order valence-corrected chi connectivity index (χ0v) is 17.7. The second-order valence-corrected chi connectivity index (χ2v) is 7.56. The highest BCUT2D eigenvalue weighted by atomic mass is 16.5. The number of hydrogen-bond acceptors (Lipinski definition) is 5. The number of amides is 2. The molecule has 1 aromatic heterocycles. The lowest BCUT2D eigenvalue weighted by atomic mass is 9.96. The van der Waals surface area contributed by atoms with Crippen molar-refractivity contribution in [3.63, 3.8) is 0 Å². The average molecular weight is 402 g/mol. The Labute approximate surface area is 172 Å². The Morgan fingerprint density at radius 1 is 1.17 bits per heavy atom. The Morgan fingerprint density at radius 3 is 2.55 bits per heavy atom. The molecule has 1 saturated heterocycles. The topological polar surface area (TPSA) is 76.0 Å². The van der Waals surface area contributed by atoms with Gasteiger partial charge in [0, 0.05) is 24.7 Å². The van der Waals surface area contributed by atoms with E-state index in [1.807, 2.05) is 13.8 Å². The van der Waals surface area contributed by atoms with Gasteiger partial charge < -0.3 is 24.5 Å². The van der Waals surface area contributed by atoms with Gasteiger partial charge in [-0.15, -0.1) is 0 Å². The van der Waals surface area contributed by atoms with Crippen molar-refractivity contribution in [2.45, 2.75) is 33.2 Å². The van der Waals surface area contributed by atoms with Crippen molar-refractivity contribution >= 4 is 11.7 Å². The predicted octanol–water partition coefficient (Wildman–Crippen LogP) is 3.95. The maximum absolute atomic E-state index is 12.3. The van der Waals surface area contributed by atoms with E-state index in [0.717, 1.165) is 44.0 Å². The van der Waals surface area contributed by atoms with Crippen LogP contribution in [0, 0.1) is 19.8 Å². The molecule has 2 aromatic rings. The number of benzene rings is 1. The van der Waals surface area contributed by atoms with Crippen molar-refractivity contribution in [2.75, 3.05) is 39.2 Å². The Balaban J connectivity index is 1.42. The minimum absolute atomic E-state index is 0.222. The summed E-state index contributed by atoms with van der Waals surface area (Å²) in [6.07, 6.45) is 2.14. The lowest BCUT2D eigenvalue weighted by Crippen LogP contribution is -2.39. The fourth-order valence-electron chi connectivity index (χ4n) is 3.74. The lowest BCUT2D eigenvalue weighted by molar-refractivity contribution is 0.175. The molecule has 0 unspecified atom stereocenters. The molecule has 0 saturated carbocycles. The van der Waals surface area contributed by atoms with Crippen LogP contribution < -0.4 is 20.1 Å². The van der Waals surface area contributed by atoms with Gasteiger partial charge in [0.15, 0.2) is 0 Å². The standard InChI is InChI=1S/C22H31N3O4/c1-15-11-18(16(2)29-15)14-25-9-7-17(8-10-25)13-23-22(26)24-20-6-5-19(27-3)12-21(20)28-4/h5-6,11-12,17H,7-10,13-14H2,1-4H3,(H2,23,24,26). The SMILES string of the molecule is COc1ccc(NC(=O)NCC2CCN(Cc3cc(C)oc3C)CC2)c(OC)c1. The number of aryl methyl sites for hydroxylation is 2. The third-order valence-electron chi connectivity index (χ3n) is 5.45. The van der Waals surface area contributed by atoms with Gasteiger partial charge in [-0.1, -0.05) is 0 Å². The van der Waals surface area contributed by atoms with E-state index in [-0.39, 0.29) is 6.03 Å². The monoisotopic (exact) mass is 401 g/mol. The van der Waals surface area contributed by atoms with Gasteiger partial charge >= 0.3 is 6.03 Å². The second-order valence-electron chi connectivity index (χ2n) is 7.56. The first-order valence-corrected chi connectivity index (χ1v) is 10.0. The highest BCUT2D eigenvalue weighted by Gasteiger charge is 2.21. The Kier molecular flexibility index (Phi) is 7.04. The fourth-order valence-corrected chi connectivity index (χ4v) is 3.74. The first kappa shape index (κ1) is 21.0. The molecule has 158 valence electrons. The van der Waals surface area contributed by atoms with E-state index in [0.29, 0.717) is 29.6 Å². The molecule has 29 heavy (non-hydrogen) atoms. The molecule has 0 bridgehead atoms. The Hall–Kier alpha value is -2.67. The molecule has 7 heteroatoms. The normalized spacial score (nSPS) is 15.2. The van der Waals surface area contributed by atoms with Crippen molar-refractivity contribution in [3.05, 3.63) is 41.3 Å². The molecule has 0 aliphatic carbocycles. The number of nitrogens with one attached hydrogen (secondary N) is 2. The van der Waals surface area contributed by atoms with Crippen LogP contribution in [0.1, 0.15) is 29.9 Å². The molecule has 2 amide bonds. The van der Waals surface area contributed by atoms with E-state index in [9.17, 15) is 4.79 Å². The minimum atomic E-state index is -0.222. The van der Waals surface area contributed by atoms with Gasteiger partial charge in [-0.25, -0.2) is 4.79 Å². The average Bonchev–Trinajstić information content (AvgIpc) is 3.04. The molecule has 0 atom stereocenters. The lowest BCUT2D eigenvalue weighted by Gasteiger charge is -2.31. The van der Waals surface area contributed by atoms with E-state index in [4.69, 9.17) is 13.9 Å². The maximum atomic E-state index is 12.3. The van der Waals surface area contributed by atoms with Crippen LogP contribution >= 0.6 is 0 Å². The fraction of sp³-hybridized carbons (Fsp3) is 0.500. The molecule has 7 nitrogen and oxygen atoms in total. The number of carbonyl (C=O) groups excluding carboxylic acids is 1. The van der Waals surface area contributed by atoms with E-state index < -0.39 is 0 Å². The number of nitrogens with zero attached hydrogens (tertiary/aromatic N) is 1. The molecule has 1 aliphatic heterocycles. The number of rotatable bonds is 7. The minimum Gasteiger partial charge on any atom is -0.497 e. The van der Waals surface area contributed by atoms with Gasteiger partial charge in [-0.3, -0.25) is 4.90 Å². The summed E-state index contributed by atoms with van der Waals surface area (Å²) in [7, 11) is 3.16. The van der Waals surface area contributed by atoms with Gasteiger partial charge in [0.2, 0.25) is 0 Å². The molecule has 3 rings (SSSR count). The zero-order valence-electron chi connectivity index (χ0n) is 17.7. The van der Waals surface area contributed by atoms with Gasteiger partial charge in [0.25, 0.3) is 0 Å². The maximum Gasteiger partial charge on any atom is 0.319 e. The quantitative estimate of drug-likeness (QED) is 0.735. The van der Waals surface area contributed by atoms with E-state index in [1.165, 1.54) is 5.56 Å². The summed E-state index contributed by atoms with van der Waals surface area (Å²) in [5, 5.41) is 5.84. The molecule has 0 spiro atoms. The largest absolute Gasteiger partial charge is 0.497 e. The number of hydrogen-bond donors (Lipinski definition) is 2. The third kappa shape index (κ3) is 5.67. The summed E-state index contributed by atoms with van der Waals surface area (Å²) in [6.45, 7) is 7.67. The van der Waals surface area contributed by atoms with Crippen LogP contribution in [0.15, 0.2) is 28.7 Å². The predicted molar refractivity (Wildman–Crippen MR) is 113 cm³/mol. The summed E-state index contributed by atoms with van der Waals surface area (Å²) < 4.78 is 16.1. The van der Waals surface area contributed by atoms with Crippen molar-refractivity contribution in [2.24, 2.45) is 5.92 Å². The number of urea groups is 1. The molecular formula is C22H31N3O4. The van der Waals surface area contributed by atoms with Crippen molar-refractivity contribution in [1.29, 1.82) is 0 Å². The van der Waals surface area contributed by atoms with Crippen LogP contribution in [-0.2, 0) is 6.54 Å². The van der Waals surface area contributed by atoms with Gasteiger partial charge in [-0.05, 0) is 63.9 Å². The molecule has 1 fully saturated rings. The van der Waals surface area contributed by atoms with Crippen molar-refractivity contribution < 1.29 is 18.7 Å². The Morgan fingerprint density at radius 2 is 1.93 bits per heavy atom. The number of ether oxygens (including phenoxy) is 2. The van der Waals surface area contributed by atoms with Crippen molar-refractivity contribution in [3.8, 4) is 11.5 Å². The highest BCUT2D eigenvalue weighted by Crippen LogP contribution is 2.29. The van der Waals surface area contributed by atoms with Crippen LogP contribution in [0.3, 0.4) is 0 Å². The van der Waals surface area contributed by atoms with Gasteiger partial charge in [-0.2, -0.15) is 0 Å². The molecule has 1 aliphatic rings. The number of piperidine rings is 1. The van der Waals surface area contributed by atoms with Crippen LogP contribution in [0.25, 0.3) is 0 Å². The van der Waals surface area contributed by atoms with E-state index in [2.05, 4.69) is 21.6 Å². The molecule has 1 aromatic carbocycles. The van der Waals surface area contributed by atoms with Crippen LogP contribution in [0.2, 0.25) is 0 Å². The Bertz CT molecular complexity index is 825. The molecular weight excluding hydrogens is 370 g/mol. The number of anilines is 1. The van der Waals surface area contributed by atoms with Crippen LogP contribution in [0.5, 0.6) is 11.5 Å². The summed E-state index contributed by atoms with van der Waals surface area (Å²) >= 11 is 0. The first-order chi connectivity index (χ1) is 14.0. The summed E-state index contributed by atoms with van der Waals surface area (Å²) in [5.74, 6) is 3.72. The second kappa shape index (κ2) is 9.69. The summed E-state index contributed by atoms with van der Waals surface area (Å²) in [6, 6.07) is 7.21. The molecule has 2 heterocycles. The third-order valence-corrected chi connectivity index (χ3v) is 5.45. The number of carbonyl (C=O) groups is 1.